The van der Waals surface area contributed by atoms with Crippen LogP contribution in [0.15, 0.2) is 29.8 Å². The molecule has 0 amide bonds. The smallest absolute Gasteiger partial charge is 0.169 e. The molecule has 0 saturated carbocycles. The van der Waals surface area contributed by atoms with Crippen molar-refractivity contribution in [2.45, 2.75) is 19.4 Å². The molecule has 0 saturated heterocycles. The van der Waals surface area contributed by atoms with Gasteiger partial charge in [-0.1, -0.05) is 24.8 Å². The quantitative estimate of drug-likeness (QED) is 0.260. The lowest BCUT2D eigenvalue weighted by Gasteiger charge is -2.08. The number of nitrogens with zero attached hydrogens (tertiary/aromatic N) is 1. The van der Waals surface area contributed by atoms with E-state index in [1.165, 1.54) is 20.4 Å². The molecular weight excluding hydrogens is 206 g/mol. The Balaban J connectivity index is 3.76. The highest BCUT2D eigenvalue weighted by molar-refractivity contribution is 5.82. The average molecular weight is 225 g/mol. The standard InChI is InChI=1S/C12H19NO3/c1-4-5-6-7-8-16-9-12(11(2)14)13-10-15-3/h4-6,10,12H,1,7-9H2,2-3H3/b6-5+,13-10?. The summed E-state index contributed by atoms with van der Waals surface area (Å²) in [4.78, 5) is 15.1. The van der Waals surface area contributed by atoms with Crippen LogP contribution in [-0.4, -0.2) is 38.5 Å². The minimum Gasteiger partial charge on any atom is -0.487 e. The van der Waals surface area contributed by atoms with Gasteiger partial charge in [0, 0.05) is 0 Å². The van der Waals surface area contributed by atoms with Gasteiger partial charge < -0.3 is 9.47 Å². The van der Waals surface area contributed by atoms with E-state index in [1.54, 1.807) is 6.08 Å². The van der Waals surface area contributed by atoms with Gasteiger partial charge in [0.2, 0.25) is 0 Å². The van der Waals surface area contributed by atoms with Crippen LogP contribution in [0.5, 0.6) is 0 Å². The van der Waals surface area contributed by atoms with Crippen molar-refractivity contribution in [3.05, 3.63) is 24.8 Å². The Morgan fingerprint density at radius 2 is 2.31 bits per heavy atom. The summed E-state index contributed by atoms with van der Waals surface area (Å²) in [6.07, 6.45) is 7.57. The van der Waals surface area contributed by atoms with Crippen molar-refractivity contribution in [2.24, 2.45) is 4.99 Å². The van der Waals surface area contributed by atoms with Gasteiger partial charge in [-0.25, -0.2) is 4.99 Å². The third kappa shape index (κ3) is 7.94. The first-order chi connectivity index (χ1) is 7.72. The molecule has 0 heterocycles. The number of allylic oxidation sites excluding steroid dienone is 2. The number of ether oxygens (including phenoxy) is 2. The second-order valence-corrected chi connectivity index (χ2v) is 3.14. The Morgan fingerprint density at radius 1 is 1.56 bits per heavy atom. The van der Waals surface area contributed by atoms with Crippen molar-refractivity contribution >= 4 is 12.2 Å². The van der Waals surface area contributed by atoms with Crippen LogP contribution in [-0.2, 0) is 14.3 Å². The van der Waals surface area contributed by atoms with Crippen LogP contribution in [0.2, 0.25) is 0 Å². The largest absolute Gasteiger partial charge is 0.487 e. The molecule has 0 fully saturated rings. The fraction of sp³-hybridized carbons (Fsp3) is 0.500. The second kappa shape index (κ2) is 10.1. The Hall–Kier alpha value is -1.42. The highest BCUT2D eigenvalue weighted by Gasteiger charge is 2.11. The number of carbonyl (C=O) groups is 1. The molecule has 0 aliphatic heterocycles. The van der Waals surface area contributed by atoms with Crippen molar-refractivity contribution in [3.8, 4) is 0 Å². The van der Waals surface area contributed by atoms with Crippen LogP contribution >= 0.6 is 0 Å². The molecule has 0 aromatic rings. The number of rotatable bonds is 9. The maximum absolute atomic E-state index is 11.1. The van der Waals surface area contributed by atoms with Gasteiger partial charge in [-0.05, 0) is 13.3 Å². The van der Waals surface area contributed by atoms with Crippen molar-refractivity contribution < 1.29 is 14.3 Å². The van der Waals surface area contributed by atoms with E-state index >= 15 is 0 Å². The minimum absolute atomic E-state index is 0.0325. The fourth-order valence-electron chi connectivity index (χ4n) is 0.938. The molecule has 0 bridgehead atoms. The van der Waals surface area contributed by atoms with Gasteiger partial charge >= 0.3 is 0 Å². The number of ketones is 1. The van der Waals surface area contributed by atoms with Gasteiger partial charge in [0.25, 0.3) is 0 Å². The lowest BCUT2D eigenvalue weighted by Crippen LogP contribution is -2.22. The Morgan fingerprint density at radius 3 is 2.88 bits per heavy atom. The van der Waals surface area contributed by atoms with Gasteiger partial charge in [0.05, 0.1) is 20.3 Å². The number of aliphatic imine (C=N–C) groups is 1. The monoisotopic (exact) mass is 225 g/mol. The lowest BCUT2D eigenvalue weighted by atomic mass is 10.2. The summed E-state index contributed by atoms with van der Waals surface area (Å²) in [6, 6.07) is -0.469. The van der Waals surface area contributed by atoms with E-state index in [0.717, 1.165) is 6.42 Å². The average Bonchev–Trinajstić information content (AvgIpc) is 2.26. The normalized spacial score (nSPS) is 13.1. The molecule has 0 aromatic heterocycles. The molecule has 0 radical (unpaired) electrons. The van der Waals surface area contributed by atoms with E-state index in [4.69, 9.17) is 4.74 Å². The zero-order valence-corrected chi connectivity index (χ0v) is 9.89. The van der Waals surface area contributed by atoms with E-state index in [-0.39, 0.29) is 12.4 Å². The SMILES string of the molecule is C=C/C=C/CCOCC(N=COC)C(C)=O. The van der Waals surface area contributed by atoms with Crippen LogP contribution in [0.1, 0.15) is 13.3 Å². The van der Waals surface area contributed by atoms with Gasteiger partial charge in [-0.2, -0.15) is 0 Å². The Labute approximate surface area is 96.7 Å². The summed E-state index contributed by atoms with van der Waals surface area (Å²) in [5.41, 5.74) is 0. The molecule has 16 heavy (non-hydrogen) atoms. The van der Waals surface area contributed by atoms with Crippen molar-refractivity contribution in [1.29, 1.82) is 0 Å². The molecule has 90 valence electrons. The lowest BCUT2D eigenvalue weighted by molar-refractivity contribution is -0.119. The zero-order valence-electron chi connectivity index (χ0n) is 9.89. The van der Waals surface area contributed by atoms with Crippen molar-refractivity contribution in [3.63, 3.8) is 0 Å². The van der Waals surface area contributed by atoms with Crippen molar-refractivity contribution in [2.75, 3.05) is 20.3 Å². The number of hydrogen-bond donors (Lipinski definition) is 0. The summed E-state index contributed by atoms with van der Waals surface area (Å²) in [5, 5.41) is 0. The zero-order chi connectivity index (χ0) is 12.2. The first-order valence-electron chi connectivity index (χ1n) is 5.12. The van der Waals surface area contributed by atoms with Crippen LogP contribution < -0.4 is 0 Å². The number of hydrogen-bond acceptors (Lipinski definition) is 4. The molecule has 0 spiro atoms. The van der Waals surface area contributed by atoms with Crippen LogP contribution in [0.4, 0.5) is 0 Å². The third-order valence-electron chi connectivity index (χ3n) is 1.79. The number of Topliss-reactive ketones (excluding diaryl/α,β-unsaturated/α-hetero) is 1. The maximum Gasteiger partial charge on any atom is 0.169 e. The summed E-state index contributed by atoms with van der Waals surface area (Å²) in [5.74, 6) is -0.0325. The maximum atomic E-state index is 11.1. The van der Waals surface area contributed by atoms with Gasteiger partial charge in [-0.15, -0.1) is 0 Å². The summed E-state index contributed by atoms with van der Waals surface area (Å²) in [7, 11) is 1.49. The minimum atomic E-state index is -0.469. The van der Waals surface area contributed by atoms with Gasteiger partial charge in [-0.3, -0.25) is 4.79 Å². The summed E-state index contributed by atoms with van der Waals surface area (Å²) >= 11 is 0. The fourth-order valence-corrected chi connectivity index (χ4v) is 0.938. The van der Waals surface area contributed by atoms with E-state index in [9.17, 15) is 4.79 Å². The first-order valence-corrected chi connectivity index (χ1v) is 5.12. The Bertz CT molecular complexity index is 259. The second-order valence-electron chi connectivity index (χ2n) is 3.14. The molecule has 0 N–H and O–H groups in total. The first kappa shape index (κ1) is 14.6. The molecule has 4 nitrogen and oxygen atoms in total. The highest BCUT2D eigenvalue weighted by atomic mass is 16.5. The van der Waals surface area contributed by atoms with Gasteiger partial charge in [0.15, 0.2) is 12.2 Å². The van der Waals surface area contributed by atoms with Crippen LogP contribution in [0.25, 0.3) is 0 Å². The van der Waals surface area contributed by atoms with E-state index in [0.29, 0.717) is 6.61 Å². The highest BCUT2D eigenvalue weighted by Crippen LogP contribution is 1.96. The number of methoxy groups -OCH3 is 1. The van der Waals surface area contributed by atoms with E-state index in [2.05, 4.69) is 16.3 Å². The third-order valence-corrected chi connectivity index (χ3v) is 1.79. The summed E-state index contributed by atoms with van der Waals surface area (Å²) < 4.78 is 9.99. The molecule has 0 aromatic carbocycles. The molecule has 1 unspecified atom stereocenters. The van der Waals surface area contributed by atoms with Crippen LogP contribution in [0.3, 0.4) is 0 Å². The topological polar surface area (TPSA) is 47.9 Å². The molecule has 0 aliphatic carbocycles. The van der Waals surface area contributed by atoms with Crippen molar-refractivity contribution in [1.82, 2.24) is 0 Å². The molecule has 0 rings (SSSR count). The van der Waals surface area contributed by atoms with Crippen LogP contribution in [0, 0.1) is 0 Å². The van der Waals surface area contributed by atoms with Gasteiger partial charge in [0.1, 0.15) is 6.04 Å². The molecule has 0 aliphatic rings. The summed E-state index contributed by atoms with van der Waals surface area (Å²) in [6.45, 7) is 5.90. The van der Waals surface area contributed by atoms with E-state index in [1.807, 2.05) is 12.2 Å². The van der Waals surface area contributed by atoms with E-state index < -0.39 is 6.04 Å². The molecular formula is C12H19NO3. The Kier molecular flexibility index (Phi) is 9.21. The predicted octanol–water partition coefficient (Wildman–Crippen LogP) is 1.77. The predicted molar refractivity (Wildman–Crippen MR) is 64.7 cm³/mol. The number of carbonyl (C=O) groups excluding carboxylic acids is 1. The molecule has 1 atom stereocenters. The molecule has 4 heteroatoms.